The molecule has 1 N–H and O–H groups in total. The number of hydrogen-bond acceptors (Lipinski definition) is 6. The largest absolute Gasteiger partial charge is 0.337 e. The number of nitrogens with zero attached hydrogens (tertiary/aromatic N) is 5. The number of aryl methyl sites for hydroxylation is 1. The summed E-state index contributed by atoms with van der Waals surface area (Å²) in [5, 5.41) is 24.2. The van der Waals surface area contributed by atoms with Crippen LogP contribution < -0.4 is 5.32 Å². The molecule has 1 aromatic heterocycles. The third-order valence-electron chi connectivity index (χ3n) is 3.84. The van der Waals surface area contributed by atoms with Crippen molar-refractivity contribution >= 4 is 17.7 Å². The SMILES string of the molecule is Cc1ccc(-n2nnnc2SCC(=O)N[C@](C)(C#N)C(C)C)cc1. The Balaban J connectivity index is 2.03. The third kappa shape index (κ3) is 4.11. The van der Waals surface area contributed by atoms with E-state index in [1.54, 1.807) is 11.6 Å². The highest BCUT2D eigenvalue weighted by molar-refractivity contribution is 7.99. The monoisotopic (exact) mass is 344 g/mol. The lowest BCUT2D eigenvalue weighted by Gasteiger charge is -2.27. The molecule has 1 atom stereocenters. The average Bonchev–Trinajstić information content (AvgIpc) is 3.02. The van der Waals surface area contributed by atoms with E-state index >= 15 is 0 Å². The van der Waals surface area contributed by atoms with Crippen molar-refractivity contribution in [2.45, 2.75) is 38.4 Å². The van der Waals surface area contributed by atoms with E-state index in [-0.39, 0.29) is 17.6 Å². The summed E-state index contributed by atoms with van der Waals surface area (Å²) in [5.41, 5.74) is 1.09. The van der Waals surface area contributed by atoms with Gasteiger partial charge in [-0.25, -0.2) is 0 Å². The van der Waals surface area contributed by atoms with Crippen molar-refractivity contribution in [2.24, 2.45) is 5.92 Å². The molecule has 0 aliphatic rings. The van der Waals surface area contributed by atoms with Crippen LogP contribution in [0.25, 0.3) is 5.69 Å². The predicted molar refractivity (Wildman–Crippen MR) is 91.6 cm³/mol. The van der Waals surface area contributed by atoms with Crippen LogP contribution in [0.3, 0.4) is 0 Å². The molecular weight excluding hydrogens is 324 g/mol. The quantitative estimate of drug-likeness (QED) is 0.806. The number of tetrazole rings is 1. The summed E-state index contributed by atoms with van der Waals surface area (Å²) in [4.78, 5) is 12.1. The highest BCUT2D eigenvalue weighted by Crippen LogP contribution is 2.20. The van der Waals surface area contributed by atoms with Crippen LogP contribution >= 0.6 is 11.8 Å². The number of carbonyl (C=O) groups is 1. The van der Waals surface area contributed by atoms with Gasteiger partial charge in [-0.15, -0.1) is 5.10 Å². The van der Waals surface area contributed by atoms with Crippen molar-refractivity contribution in [3.05, 3.63) is 29.8 Å². The molecule has 0 unspecified atom stereocenters. The Morgan fingerprint density at radius 3 is 2.67 bits per heavy atom. The molecule has 0 radical (unpaired) electrons. The Morgan fingerprint density at radius 1 is 1.42 bits per heavy atom. The maximum absolute atomic E-state index is 12.1. The van der Waals surface area contributed by atoms with Gasteiger partial charge in [0.25, 0.3) is 0 Å². The summed E-state index contributed by atoms with van der Waals surface area (Å²) < 4.78 is 1.59. The molecule has 0 bridgehead atoms. The summed E-state index contributed by atoms with van der Waals surface area (Å²) in [7, 11) is 0. The first-order valence-electron chi connectivity index (χ1n) is 7.56. The fourth-order valence-corrected chi connectivity index (χ4v) is 2.56. The Kier molecular flexibility index (Phi) is 5.57. The molecule has 0 saturated carbocycles. The van der Waals surface area contributed by atoms with Gasteiger partial charge in [-0.2, -0.15) is 9.94 Å². The maximum Gasteiger partial charge on any atom is 0.231 e. The Hall–Kier alpha value is -2.40. The molecule has 0 spiro atoms. The van der Waals surface area contributed by atoms with Crippen LogP contribution in [-0.2, 0) is 4.79 Å². The van der Waals surface area contributed by atoms with Crippen LogP contribution in [0.2, 0.25) is 0 Å². The number of nitriles is 1. The molecule has 2 rings (SSSR count). The molecule has 24 heavy (non-hydrogen) atoms. The van der Waals surface area contributed by atoms with Crippen LogP contribution in [-0.4, -0.2) is 37.4 Å². The zero-order chi connectivity index (χ0) is 17.7. The van der Waals surface area contributed by atoms with Gasteiger partial charge in [0.2, 0.25) is 11.1 Å². The lowest BCUT2D eigenvalue weighted by atomic mass is 9.90. The summed E-state index contributed by atoms with van der Waals surface area (Å²) in [6.45, 7) is 7.52. The van der Waals surface area contributed by atoms with Crippen LogP contribution in [0, 0.1) is 24.2 Å². The van der Waals surface area contributed by atoms with Gasteiger partial charge in [-0.3, -0.25) is 4.79 Å². The minimum atomic E-state index is -0.888. The number of rotatable bonds is 6. The van der Waals surface area contributed by atoms with Gasteiger partial charge in [-0.05, 0) is 42.3 Å². The zero-order valence-corrected chi connectivity index (χ0v) is 15.0. The highest BCUT2D eigenvalue weighted by atomic mass is 32.2. The van der Waals surface area contributed by atoms with Crippen LogP contribution in [0.1, 0.15) is 26.3 Å². The van der Waals surface area contributed by atoms with Gasteiger partial charge in [0, 0.05) is 0 Å². The molecule has 7 nitrogen and oxygen atoms in total. The molecule has 1 heterocycles. The van der Waals surface area contributed by atoms with Crippen LogP contribution in [0.4, 0.5) is 0 Å². The van der Waals surface area contributed by atoms with Crippen molar-refractivity contribution in [1.82, 2.24) is 25.5 Å². The lowest BCUT2D eigenvalue weighted by Crippen LogP contribution is -2.49. The summed E-state index contributed by atoms with van der Waals surface area (Å²) in [6, 6.07) is 9.94. The second-order valence-electron chi connectivity index (χ2n) is 6.01. The van der Waals surface area contributed by atoms with E-state index in [0.717, 1.165) is 11.3 Å². The fourth-order valence-electron chi connectivity index (χ4n) is 1.87. The summed E-state index contributed by atoms with van der Waals surface area (Å²) >= 11 is 1.23. The molecule has 2 aromatic rings. The normalized spacial score (nSPS) is 13.3. The van der Waals surface area contributed by atoms with Crippen molar-refractivity contribution in [2.75, 3.05) is 5.75 Å². The molecule has 1 amide bonds. The van der Waals surface area contributed by atoms with Gasteiger partial charge in [0.1, 0.15) is 5.54 Å². The minimum absolute atomic E-state index is 0.00864. The number of benzene rings is 1. The average molecular weight is 344 g/mol. The number of aromatic nitrogens is 4. The molecule has 0 fully saturated rings. The molecule has 0 aliphatic carbocycles. The van der Waals surface area contributed by atoms with Gasteiger partial charge in [-0.1, -0.05) is 43.3 Å². The van der Waals surface area contributed by atoms with E-state index in [2.05, 4.69) is 26.9 Å². The smallest absolute Gasteiger partial charge is 0.231 e. The minimum Gasteiger partial charge on any atom is -0.337 e. The summed E-state index contributed by atoms with van der Waals surface area (Å²) in [5.74, 6) is -0.0820. The fraction of sp³-hybridized carbons (Fsp3) is 0.438. The first-order chi connectivity index (χ1) is 11.4. The van der Waals surface area contributed by atoms with E-state index in [1.807, 2.05) is 45.0 Å². The van der Waals surface area contributed by atoms with Gasteiger partial charge >= 0.3 is 0 Å². The van der Waals surface area contributed by atoms with Crippen LogP contribution in [0.15, 0.2) is 29.4 Å². The molecule has 126 valence electrons. The first-order valence-corrected chi connectivity index (χ1v) is 8.55. The van der Waals surface area contributed by atoms with Gasteiger partial charge < -0.3 is 5.32 Å². The number of nitrogens with one attached hydrogen (secondary N) is 1. The van der Waals surface area contributed by atoms with E-state index in [9.17, 15) is 10.1 Å². The second-order valence-corrected chi connectivity index (χ2v) is 6.96. The van der Waals surface area contributed by atoms with E-state index < -0.39 is 5.54 Å². The number of carbonyl (C=O) groups excluding carboxylic acids is 1. The first kappa shape index (κ1) is 17.9. The van der Waals surface area contributed by atoms with E-state index in [0.29, 0.717) is 5.16 Å². The standard InChI is InChI=1S/C16H20N6OS/c1-11(2)16(4,10-17)18-14(23)9-24-15-19-20-21-22(15)13-7-5-12(3)6-8-13/h5-8,11H,9H2,1-4H3,(H,18,23)/t16-/m1/s1. The number of hydrogen-bond donors (Lipinski definition) is 1. The molecular formula is C16H20N6OS. The van der Waals surface area contributed by atoms with Crippen LogP contribution in [0.5, 0.6) is 0 Å². The molecule has 0 saturated heterocycles. The molecule has 0 aliphatic heterocycles. The van der Waals surface area contributed by atoms with Crippen molar-refractivity contribution in [3.63, 3.8) is 0 Å². The number of thioether (sulfide) groups is 1. The Bertz CT molecular complexity index is 749. The zero-order valence-electron chi connectivity index (χ0n) is 14.1. The van der Waals surface area contributed by atoms with E-state index in [4.69, 9.17) is 0 Å². The second kappa shape index (κ2) is 7.45. The van der Waals surface area contributed by atoms with Gasteiger partial charge in [0.15, 0.2) is 0 Å². The van der Waals surface area contributed by atoms with Crippen molar-refractivity contribution in [1.29, 1.82) is 5.26 Å². The summed E-state index contributed by atoms with van der Waals surface area (Å²) in [6.07, 6.45) is 0. The lowest BCUT2D eigenvalue weighted by molar-refractivity contribution is -0.120. The Morgan fingerprint density at radius 2 is 2.08 bits per heavy atom. The van der Waals surface area contributed by atoms with E-state index in [1.165, 1.54) is 11.8 Å². The Labute approximate surface area is 145 Å². The highest BCUT2D eigenvalue weighted by Gasteiger charge is 2.30. The molecule has 1 aromatic carbocycles. The number of amides is 1. The van der Waals surface area contributed by atoms with Crippen molar-refractivity contribution in [3.8, 4) is 11.8 Å². The topological polar surface area (TPSA) is 96.5 Å². The van der Waals surface area contributed by atoms with Gasteiger partial charge in [0.05, 0.1) is 17.5 Å². The predicted octanol–water partition coefficient (Wildman–Crippen LogP) is 2.12. The van der Waals surface area contributed by atoms with Crippen molar-refractivity contribution < 1.29 is 4.79 Å². The molecule has 8 heteroatoms. The third-order valence-corrected chi connectivity index (χ3v) is 4.76. The maximum atomic E-state index is 12.1.